The van der Waals surface area contributed by atoms with Gasteiger partial charge in [-0.25, -0.2) is 8.42 Å². The van der Waals surface area contributed by atoms with Crippen LogP contribution in [0.2, 0.25) is 0 Å². The zero-order chi connectivity index (χ0) is 9.57. The number of hydrogen-bond acceptors (Lipinski definition) is 2. The molecule has 1 aliphatic rings. The van der Waals surface area contributed by atoms with E-state index >= 15 is 0 Å². The normalized spacial score (nSPS) is 39.3. The molecule has 1 heterocycles. The fourth-order valence-corrected chi connectivity index (χ4v) is 4.09. The van der Waals surface area contributed by atoms with Crippen LogP contribution in [0.1, 0.15) is 13.8 Å². The highest BCUT2D eigenvalue weighted by Crippen LogP contribution is 2.21. The standard InChI is InChI=1S/C8H18NO2S/c1-7-5-9(3,4)6-8(2)12(7,10)11/h7-8H,5-6H2,1-4H3/q+1. The molecule has 0 saturated carbocycles. The van der Waals surface area contributed by atoms with Gasteiger partial charge in [-0.1, -0.05) is 0 Å². The monoisotopic (exact) mass is 192 g/mol. The second-order valence-corrected chi connectivity index (χ2v) is 7.30. The van der Waals surface area contributed by atoms with Crippen LogP contribution in [0.15, 0.2) is 0 Å². The highest BCUT2D eigenvalue weighted by Gasteiger charge is 2.41. The molecule has 0 bridgehead atoms. The van der Waals surface area contributed by atoms with Crippen molar-refractivity contribution < 1.29 is 12.9 Å². The van der Waals surface area contributed by atoms with Gasteiger partial charge >= 0.3 is 0 Å². The maximum Gasteiger partial charge on any atom is 0.166 e. The predicted molar refractivity (Wildman–Crippen MR) is 49.7 cm³/mol. The van der Waals surface area contributed by atoms with Gasteiger partial charge in [0.15, 0.2) is 9.84 Å². The van der Waals surface area contributed by atoms with E-state index in [2.05, 4.69) is 14.1 Å². The molecule has 0 aromatic rings. The molecule has 3 nitrogen and oxygen atoms in total. The van der Waals surface area contributed by atoms with Gasteiger partial charge < -0.3 is 4.48 Å². The molecule has 1 rings (SSSR count). The molecular formula is C8H18NO2S+. The lowest BCUT2D eigenvalue weighted by Crippen LogP contribution is -2.58. The Kier molecular flexibility index (Phi) is 2.25. The molecule has 0 radical (unpaired) electrons. The Morgan fingerprint density at radius 3 is 1.75 bits per heavy atom. The van der Waals surface area contributed by atoms with Gasteiger partial charge in [0.1, 0.15) is 10.5 Å². The third kappa shape index (κ3) is 1.64. The number of quaternary nitrogens is 1. The van der Waals surface area contributed by atoms with E-state index in [0.29, 0.717) is 0 Å². The van der Waals surface area contributed by atoms with Crippen molar-refractivity contribution in [3.05, 3.63) is 0 Å². The molecule has 2 atom stereocenters. The lowest BCUT2D eigenvalue weighted by molar-refractivity contribution is -0.890. The molecule has 0 aromatic carbocycles. The highest BCUT2D eigenvalue weighted by atomic mass is 32.2. The lowest BCUT2D eigenvalue weighted by Gasteiger charge is -2.39. The molecule has 2 unspecified atom stereocenters. The number of nitrogens with zero attached hydrogens (tertiary/aromatic N) is 1. The smallest absolute Gasteiger partial charge is 0.166 e. The van der Waals surface area contributed by atoms with Crippen molar-refractivity contribution in [1.82, 2.24) is 0 Å². The van der Waals surface area contributed by atoms with Crippen molar-refractivity contribution in [2.24, 2.45) is 0 Å². The van der Waals surface area contributed by atoms with Gasteiger partial charge in [0.25, 0.3) is 0 Å². The maximum absolute atomic E-state index is 11.6. The largest absolute Gasteiger partial charge is 0.326 e. The molecule has 0 aromatic heterocycles. The van der Waals surface area contributed by atoms with Crippen LogP contribution in [0.25, 0.3) is 0 Å². The van der Waals surface area contributed by atoms with Gasteiger partial charge in [-0.3, -0.25) is 0 Å². The van der Waals surface area contributed by atoms with Gasteiger partial charge in [0.2, 0.25) is 0 Å². The second kappa shape index (κ2) is 2.70. The Morgan fingerprint density at radius 2 is 1.42 bits per heavy atom. The third-order valence-electron chi connectivity index (χ3n) is 2.62. The van der Waals surface area contributed by atoms with E-state index < -0.39 is 9.84 Å². The summed E-state index contributed by atoms with van der Waals surface area (Å²) < 4.78 is 24.0. The van der Waals surface area contributed by atoms with Crippen molar-refractivity contribution >= 4 is 9.84 Å². The quantitative estimate of drug-likeness (QED) is 0.516. The van der Waals surface area contributed by atoms with E-state index in [1.807, 2.05) is 13.8 Å². The van der Waals surface area contributed by atoms with Crippen LogP contribution in [0, 0.1) is 0 Å². The van der Waals surface area contributed by atoms with Crippen LogP contribution in [-0.4, -0.2) is 50.6 Å². The number of rotatable bonds is 0. The van der Waals surface area contributed by atoms with Crippen LogP contribution < -0.4 is 0 Å². The zero-order valence-electron chi connectivity index (χ0n) is 8.24. The summed E-state index contributed by atoms with van der Waals surface area (Å²) in [5.41, 5.74) is 0. The van der Waals surface area contributed by atoms with Crippen LogP contribution in [-0.2, 0) is 9.84 Å². The molecule has 0 N–H and O–H groups in total. The summed E-state index contributed by atoms with van der Waals surface area (Å²) in [6.07, 6.45) is 0. The average Bonchev–Trinajstić information content (AvgIpc) is 1.82. The molecule has 0 aliphatic carbocycles. The van der Waals surface area contributed by atoms with Crippen molar-refractivity contribution in [1.29, 1.82) is 0 Å². The Morgan fingerprint density at radius 1 is 1.08 bits per heavy atom. The van der Waals surface area contributed by atoms with Gasteiger partial charge in [0, 0.05) is 0 Å². The molecule has 1 fully saturated rings. The van der Waals surface area contributed by atoms with Crippen LogP contribution in [0.5, 0.6) is 0 Å². The van der Waals surface area contributed by atoms with Crippen molar-refractivity contribution in [3.63, 3.8) is 0 Å². The van der Waals surface area contributed by atoms with E-state index in [-0.39, 0.29) is 10.5 Å². The van der Waals surface area contributed by atoms with Gasteiger partial charge in [-0.05, 0) is 13.8 Å². The molecule has 0 amide bonds. The molecule has 0 spiro atoms. The zero-order valence-corrected chi connectivity index (χ0v) is 9.06. The van der Waals surface area contributed by atoms with Crippen LogP contribution >= 0.6 is 0 Å². The van der Waals surface area contributed by atoms with Gasteiger partial charge in [0.05, 0.1) is 27.2 Å². The molecule has 72 valence electrons. The van der Waals surface area contributed by atoms with Crippen LogP contribution in [0.4, 0.5) is 0 Å². The van der Waals surface area contributed by atoms with Crippen molar-refractivity contribution in [2.75, 3.05) is 27.2 Å². The minimum Gasteiger partial charge on any atom is -0.326 e. The molecule has 4 heteroatoms. The highest BCUT2D eigenvalue weighted by molar-refractivity contribution is 7.92. The topological polar surface area (TPSA) is 34.1 Å². The number of sulfone groups is 1. The fourth-order valence-electron chi connectivity index (χ4n) is 2.07. The summed E-state index contributed by atoms with van der Waals surface area (Å²) >= 11 is 0. The van der Waals surface area contributed by atoms with Crippen LogP contribution in [0.3, 0.4) is 0 Å². The Bertz CT molecular complexity index is 249. The Labute approximate surface area is 74.9 Å². The van der Waals surface area contributed by atoms with E-state index in [1.54, 1.807) is 0 Å². The van der Waals surface area contributed by atoms with E-state index in [1.165, 1.54) is 0 Å². The summed E-state index contributed by atoms with van der Waals surface area (Å²) in [7, 11) is 1.34. The molecule has 1 saturated heterocycles. The first-order valence-electron chi connectivity index (χ1n) is 4.30. The van der Waals surface area contributed by atoms with Gasteiger partial charge in [-0.15, -0.1) is 0 Å². The summed E-state index contributed by atoms with van der Waals surface area (Å²) in [6, 6.07) is 0. The predicted octanol–water partition coefficient (Wildman–Crippen LogP) is 0.268. The van der Waals surface area contributed by atoms with Gasteiger partial charge in [-0.2, -0.15) is 0 Å². The molecule has 12 heavy (non-hydrogen) atoms. The summed E-state index contributed by atoms with van der Waals surface area (Å²) in [4.78, 5) is 0. The molecular weight excluding hydrogens is 174 g/mol. The average molecular weight is 192 g/mol. The number of hydrogen-bond donors (Lipinski definition) is 0. The van der Waals surface area contributed by atoms with E-state index in [0.717, 1.165) is 17.6 Å². The third-order valence-corrected chi connectivity index (χ3v) is 5.17. The first kappa shape index (κ1) is 9.99. The summed E-state index contributed by atoms with van der Waals surface area (Å²) in [5.74, 6) is 0. The van der Waals surface area contributed by atoms with E-state index in [4.69, 9.17) is 0 Å². The Hall–Kier alpha value is -0.0900. The maximum atomic E-state index is 11.6. The molecule has 1 aliphatic heterocycles. The van der Waals surface area contributed by atoms with Crippen molar-refractivity contribution in [3.8, 4) is 0 Å². The first-order valence-corrected chi connectivity index (χ1v) is 5.91. The SMILES string of the molecule is CC1C[N+](C)(C)CC(C)S1(=O)=O. The Balaban J connectivity index is 2.93. The minimum atomic E-state index is -2.83. The van der Waals surface area contributed by atoms with E-state index in [9.17, 15) is 8.42 Å². The van der Waals surface area contributed by atoms with Crippen molar-refractivity contribution in [2.45, 2.75) is 24.3 Å². The summed E-state index contributed by atoms with van der Waals surface area (Å²) in [5, 5.41) is -0.368. The second-order valence-electron chi connectivity index (χ2n) is 4.51. The fraction of sp³-hybridized carbons (Fsp3) is 1.00. The minimum absolute atomic E-state index is 0.184. The lowest BCUT2D eigenvalue weighted by atomic mass is 10.3. The summed E-state index contributed by atoms with van der Waals surface area (Å²) in [6.45, 7) is 5.11. The first-order chi connectivity index (χ1) is 5.26.